The lowest BCUT2D eigenvalue weighted by atomic mass is 9.63. The van der Waals surface area contributed by atoms with Crippen molar-refractivity contribution in [3.8, 4) is 11.5 Å². The molecule has 0 radical (unpaired) electrons. The van der Waals surface area contributed by atoms with Crippen LogP contribution in [0.15, 0.2) is 63.4 Å². The van der Waals surface area contributed by atoms with Crippen molar-refractivity contribution < 1.29 is 28.2 Å². The monoisotopic (exact) mass is 639 g/mol. The molecule has 0 N–H and O–H groups in total. The van der Waals surface area contributed by atoms with Gasteiger partial charge in [0.25, 0.3) is 0 Å². The second-order valence-electron chi connectivity index (χ2n) is 13.1. The first-order valence-electron chi connectivity index (χ1n) is 14.4. The molecule has 8 heteroatoms. The average molecular weight is 641 g/mol. The van der Waals surface area contributed by atoms with Gasteiger partial charge in [-0.15, -0.1) is 0 Å². The average Bonchev–Trinajstić information content (AvgIpc) is 2.90. The van der Waals surface area contributed by atoms with Gasteiger partial charge in [-0.05, 0) is 75.0 Å². The minimum absolute atomic E-state index is 0.0737. The van der Waals surface area contributed by atoms with Gasteiger partial charge in [-0.2, -0.15) is 0 Å². The third kappa shape index (κ3) is 5.93. The highest BCUT2D eigenvalue weighted by Crippen LogP contribution is 2.55. The van der Waals surface area contributed by atoms with Crippen LogP contribution in [0, 0.1) is 16.6 Å². The second-order valence-corrected chi connectivity index (χ2v) is 14.0. The van der Waals surface area contributed by atoms with Crippen molar-refractivity contribution in [2.75, 3.05) is 27.4 Å². The Morgan fingerprint density at radius 1 is 0.905 bits per heavy atom. The summed E-state index contributed by atoms with van der Waals surface area (Å²) in [6, 6.07) is 9.97. The summed E-state index contributed by atoms with van der Waals surface area (Å²) in [5.74, 6) is 0.323. The molecule has 1 aliphatic heterocycles. The van der Waals surface area contributed by atoms with E-state index in [9.17, 15) is 14.0 Å². The van der Waals surface area contributed by atoms with E-state index in [1.165, 1.54) is 12.1 Å². The highest BCUT2D eigenvalue weighted by Gasteiger charge is 2.49. The molecule has 3 aliphatic rings. The number of rotatable bonds is 8. The topological polar surface area (TPSA) is 65.1 Å². The smallest absolute Gasteiger partial charge is 0.175 e. The van der Waals surface area contributed by atoms with Gasteiger partial charge < -0.3 is 19.1 Å². The first-order chi connectivity index (χ1) is 19.8. The van der Waals surface area contributed by atoms with Crippen LogP contribution < -0.4 is 9.47 Å². The Labute approximate surface area is 256 Å². The van der Waals surface area contributed by atoms with Crippen LogP contribution in [0.3, 0.4) is 0 Å². The number of carbonyl (C=O) groups excluding carboxylic acids is 2. The van der Waals surface area contributed by atoms with Gasteiger partial charge in [0.15, 0.2) is 23.1 Å². The largest absolute Gasteiger partial charge is 0.493 e. The van der Waals surface area contributed by atoms with E-state index in [4.69, 9.17) is 14.2 Å². The number of hydrogen-bond acceptors (Lipinski definition) is 6. The molecular formula is C34H39BrFNO5. The minimum Gasteiger partial charge on any atom is -0.493 e. The van der Waals surface area contributed by atoms with Gasteiger partial charge in [-0.1, -0.05) is 39.8 Å². The van der Waals surface area contributed by atoms with E-state index in [1.54, 1.807) is 26.4 Å². The Hall–Kier alpha value is -2.97. The van der Waals surface area contributed by atoms with Crippen LogP contribution in [-0.4, -0.2) is 43.8 Å². The molecule has 2 aromatic carbocycles. The predicted octanol–water partition coefficient (Wildman–Crippen LogP) is 7.51. The molecule has 0 saturated heterocycles. The van der Waals surface area contributed by atoms with Crippen molar-refractivity contribution in [2.45, 2.75) is 65.9 Å². The zero-order valence-electron chi connectivity index (χ0n) is 25.2. The summed E-state index contributed by atoms with van der Waals surface area (Å²) in [6.07, 6.45) is 2.30. The highest BCUT2D eigenvalue weighted by molar-refractivity contribution is 9.10. The number of methoxy groups -OCH3 is 2. The maximum Gasteiger partial charge on any atom is 0.175 e. The molecule has 0 fully saturated rings. The maximum atomic E-state index is 14.0. The van der Waals surface area contributed by atoms with Gasteiger partial charge in [-0.25, -0.2) is 4.39 Å². The molecule has 0 bridgehead atoms. The summed E-state index contributed by atoms with van der Waals surface area (Å²) >= 11 is 3.69. The zero-order chi connectivity index (χ0) is 30.4. The van der Waals surface area contributed by atoms with Gasteiger partial charge in [0, 0.05) is 55.0 Å². The third-order valence-corrected chi connectivity index (χ3v) is 9.01. The van der Waals surface area contributed by atoms with Crippen LogP contribution >= 0.6 is 15.9 Å². The zero-order valence-corrected chi connectivity index (χ0v) is 26.8. The first-order valence-corrected chi connectivity index (χ1v) is 15.2. The van der Waals surface area contributed by atoms with E-state index < -0.39 is 5.92 Å². The van der Waals surface area contributed by atoms with Crippen molar-refractivity contribution in [3.05, 3.63) is 80.4 Å². The van der Waals surface area contributed by atoms with Crippen LogP contribution in [0.5, 0.6) is 11.5 Å². The fraction of sp³-hybridized carbons (Fsp3) is 0.471. The van der Waals surface area contributed by atoms with E-state index in [1.807, 2.05) is 12.1 Å². The van der Waals surface area contributed by atoms with Crippen LogP contribution in [0.2, 0.25) is 0 Å². The fourth-order valence-corrected chi connectivity index (χ4v) is 7.19. The molecule has 0 aromatic heterocycles. The number of Topliss-reactive ketones (excluding diaryl/α,β-unsaturated/α-hetero) is 2. The number of halogens is 2. The summed E-state index contributed by atoms with van der Waals surface area (Å²) in [6.45, 7) is 9.81. The SMILES string of the molecule is COCCN1C2=C(C(=O)CC(C)(C)C2)C(c2cc(Br)c(OCc3ccc(F)cc3)c(OC)c2)C2=C1CC(C)(C)CC2=O. The van der Waals surface area contributed by atoms with E-state index in [2.05, 4.69) is 48.5 Å². The Morgan fingerprint density at radius 2 is 1.48 bits per heavy atom. The van der Waals surface area contributed by atoms with Crippen molar-refractivity contribution >= 4 is 27.5 Å². The molecule has 42 heavy (non-hydrogen) atoms. The number of allylic oxidation sites excluding steroid dienone is 4. The predicted molar refractivity (Wildman–Crippen MR) is 163 cm³/mol. The summed E-state index contributed by atoms with van der Waals surface area (Å²) < 4.78 is 31.4. The number of benzene rings is 2. The third-order valence-electron chi connectivity index (χ3n) is 8.42. The van der Waals surface area contributed by atoms with Gasteiger partial charge in [-0.3, -0.25) is 9.59 Å². The van der Waals surface area contributed by atoms with Crippen molar-refractivity contribution in [1.82, 2.24) is 4.90 Å². The Morgan fingerprint density at radius 3 is 2.00 bits per heavy atom. The van der Waals surface area contributed by atoms with Crippen LogP contribution in [0.25, 0.3) is 0 Å². The van der Waals surface area contributed by atoms with Crippen LogP contribution in [0.4, 0.5) is 4.39 Å². The Balaban J connectivity index is 1.65. The fourth-order valence-electron chi connectivity index (χ4n) is 6.62. The van der Waals surface area contributed by atoms with E-state index in [-0.39, 0.29) is 34.8 Å². The van der Waals surface area contributed by atoms with Gasteiger partial charge in [0.1, 0.15) is 12.4 Å². The van der Waals surface area contributed by atoms with E-state index in [0.717, 1.165) is 35.4 Å². The molecule has 5 rings (SSSR count). The van der Waals surface area contributed by atoms with E-state index in [0.29, 0.717) is 53.1 Å². The number of nitrogens with zero attached hydrogens (tertiary/aromatic N) is 1. The van der Waals surface area contributed by atoms with Gasteiger partial charge >= 0.3 is 0 Å². The molecule has 0 unspecified atom stereocenters. The number of carbonyl (C=O) groups is 2. The Bertz CT molecular complexity index is 1420. The highest BCUT2D eigenvalue weighted by atomic mass is 79.9. The maximum absolute atomic E-state index is 14.0. The standard InChI is InChI=1S/C34H39BrFNO5/c1-33(2)15-24-30(26(38)17-33)29(31-25(37(24)11-12-40-5)16-34(3,4)18-27(31)39)21-13-23(35)32(28(14-21)41-6)42-19-20-7-9-22(36)10-8-20/h7-10,13-14,29H,11-12,15-19H2,1-6H3. The first kappa shape index (κ1) is 30.5. The van der Waals surface area contributed by atoms with Crippen LogP contribution in [-0.2, 0) is 20.9 Å². The van der Waals surface area contributed by atoms with Crippen molar-refractivity contribution in [1.29, 1.82) is 0 Å². The lowest BCUT2D eigenvalue weighted by Gasteiger charge is -2.49. The summed E-state index contributed by atoms with van der Waals surface area (Å²) in [5.41, 5.74) is 4.61. The summed E-state index contributed by atoms with van der Waals surface area (Å²) in [7, 11) is 3.24. The molecular weight excluding hydrogens is 601 g/mol. The molecule has 6 nitrogen and oxygen atoms in total. The number of ketones is 2. The molecule has 0 saturated carbocycles. The molecule has 0 amide bonds. The molecule has 0 spiro atoms. The molecule has 2 aliphatic carbocycles. The lowest BCUT2D eigenvalue weighted by molar-refractivity contribution is -0.119. The lowest BCUT2D eigenvalue weighted by Crippen LogP contribution is -2.45. The number of ether oxygens (including phenoxy) is 3. The second kappa shape index (κ2) is 11.6. The number of hydrogen-bond donors (Lipinski definition) is 0. The molecule has 224 valence electrons. The Kier molecular flexibility index (Phi) is 8.42. The molecule has 0 atom stereocenters. The van der Waals surface area contributed by atoms with Crippen LogP contribution in [0.1, 0.15) is 70.4 Å². The molecule has 1 heterocycles. The summed E-state index contributed by atoms with van der Waals surface area (Å²) in [5, 5.41) is 0. The van der Waals surface area contributed by atoms with Crippen molar-refractivity contribution in [3.63, 3.8) is 0 Å². The minimum atomic E-state index is -0.502. The van der Waals surface area contributed by atoms with Gasteiger partial charge in [0.2, 0.25) is 0 Å². The molecule has 2 aromatic rings. The normalized spacial score (nSPS) is 20.0. The van der Waals surface area contributed by atoms with Gasteiger partial charge in [0.05, 0.1) is 18.2 Å². The quantitative estimate of drug-likeness (QED) is 0.298. The van der Waals surface area contributed by atoms with E-state index >= 15 is 0 Å². The summed E-state index contributed by atoms with van der Waals surface area (Å²) in [4.78, 5) is 30.2. The van der Waals surface area contributed by atoms with Crippen molar-refractivity contribution in [2.24, 2.45) is 10.8 Å².